The minimum Gasteiger partial charge on any atom is -0.480 e. The summed E-state index contributed by atoms with van der Waals surface area (Å²) < 4.78 is 0. The summed E-state index contributed by atoms with van der Waals surface area (Å²) in [5, 5.41) is 19.8. The van der Waals surface area contributed by atoms with Gasteiger partial charge < -0.3 is 15.5 Å². The molecule has 19 heavy (non-hydrogen) atoms. The molecule has 0 spiro atoms. The molecule has 0 radical (unpaired) electrons. The number of aliphatic carboxylic acids is 1. The third-order valence-electron chi connectivity index (χ3n) is 2.65. The standard InChI is InChI=1S/C13H21NO5/c1-2-3-4-5-10(9-16)8-12(17)14-11(6-7-15)13(18)19/h11,15H,2-8H2,1H3,(H,14,17)(H,18,19). The lowest BCUT2D eigenvalue weighted by Crippen LogP contribution is -2.41. The van der Waals surface area contributed by atoms with Gasteiger partial charge in [-0.3, -0.25) is 4.79 Å². The number of rotatable bonds is 10. The Balaban J connectivity index is 4.26. The zero-order valence-electron chi connectivity index (χ0n) is 11.1. The average molecular weight is 271 g/mol. The fraction of sp³-hybridized carbons (Fsp3) is 0.692. The lowest BCUT2D eigenvalue weighted by molar-refractivity contribution is -0.142. The number of amides is 1. The Morgan fingerprint density at radius 3 is 2.47 bits per heavy atom. The van der Waals surface area contributed by atoms with Crippen LogP contribution in [0.15, 0.2) is 5.57 Å². The predicted octanol–water partition coefficient (Wildman–Crippen LogP) is 0.667. The van der Waals surface area contributed by atoms with Crippen molar-refractivity contribution in [2.45, 2.75) is 51.5 Å². The molecule has 0 bridgehead atoms. The van der Waals surface area contributed by atoms with Crippen LogP contribution in [0.25, 0.3) is 0 Å². The number of hydrogen-bond acceptors (Lipinski definition) is 4. The van der Waals surface area contributed by atoms with E-state index in [2.05, 4.69) is 5.32 Å². The molecule has 0 aromatic heterocycles. The largest absolute Gasteiger partial charge is 0.480 e. The fourth-order valence-corrected chi connectivity index (χ4v) is 1.59. The second-order valence-electron chi connectivity index (χ2n) is 4.31. The molecule has 6 nitrogen and oxygen atoms in total. The van der Waals surface area contributed by atoms with E-state index in [1.54, 1.807) is 5.94 Å². The Labute approximate surface area is 112 Å². The van der Waals surface area contributed by atoms with E-state index in [-0.39, 0.29) is 19.4 Å². The molecule has 0 saturated carbocycles. The smallest absolute Gasteiger partial charge is 0.326 e. The molecule has 0 aromatic carbocycles. The highest BCUT2D eigenvalue weighted by Crippen LogP contribution is 2.10. The van der Waals surface area contributed by atoms with E-state index >= 15 is 0 Å². The Kier molecular flexibility index (Phi) is 9.40. The maximum atomic E-state index is 11.6. The summed E-state index contributed by atoms with van der Waals surface area (Å²) in [6, 6.07) is -1.12. The topological polar surface area (TPSA) is 104 Å². The zero-order chi connectivity index (χ0) is 14.7. The highest BCUT2D eigenvalue weighted by molar-refractivity contribution is 5.86. The maximum Gasteiger partial charge on any atom is 0.326 e. The number of carboxylic acids is 1. The first kappa shape index (κ1) is 17.4. The van der Waals surface area contributed by atoms with Crippen molar-refractivity contribution in [1.29, 1.82) is 0 Å². The Morgan fingerprint density at radius 2 is 2.00 bits per heavy atom. The normalized spacial score (nSPS) is 11.5. The molecule has 108 valence electrons. The number of carboxylic acid groups (broad SMARTS) is 1. The number of carbonyl (C=O) groups is 2. The molecular formula is C13H21NO5. The van der Waals surface area contributed by atoms with Gasteiger partial charge in [-0.25, -0.2) is 9.59 Å². The molecule has 3 N–H and O–H groups in total. The van der Waals surface area contributed by atoms with Crippen molar-refractivity contribution >= 4 is 17.8 Å². The molecule has 1 amide bonds. The fourth-order valence-electron chi connectivity index (χ4n) is 1.59. The van der Waals surface area contributed by atoms with Gasteiger partial charge in [0.25, 0.3) is 0 Å². The van der Waals surface area contributed by atoms with E-state index in [1.165, 1.54) is 0 Å². The summed E-state index contributed by atoms with van der Waals surface area (Å²) in [7, 11) is 0. The van der Waals surface area contributed by atoms with Gasteiger partial charge in [0.2, 0.25) is 5.91 Å². The molecule has 0 rings (SSSR count). The first-order valence-corrected chi connectivity index (χ1v) is 6.41. The summed E-state index contributed by atoms with van der Waals surface area (Å²) in [4.78, 5) is 33.0. The van der Waals surface area contributed by atoms with Gasteiger partial charge in [0.05, 0.1) is 6.42 Å². The molecular weight excluding hydrogens is 250 g/mol. The number of aliphatic hydroxyl groups excluding tert-OH is 1. The maximum absolute atomic E-state index is 11.6. The van der Waals surface area contributed by atoms with Crippen LogP contribution in [0.1, 0.15) is 45.4 Å². The second kappa shape index (κ2) is 10.3. The summed E-state index contributed by atoms with van der Waals surface area (Å²) in [6.07, 6.45) is 3.10. The number of hydrogen-bond donors (Lipinski definition) is 3. The summed E-state index contributed by atoms with van der Waals surface area (Å²) in [5.41, 5.74) is 0.346. The molecule has 0 aliphatic carbocycles. The van der Waals surface area contributed by atoms with E-state index in [0.717, 1.165) is 19.3 Å². The van der Waals surface area contributed by atoms with Crippen LogP contribution in [0.2, 0.25) is 0 Å². The van der Waals surface area contributed by atoms with E-state index in [0.29, 0.717) is 12.0 Å². The monoisotopic (exact) mass is 271 g/mol. The highest BCUT2D eigenvalue weighted by atomic mass is 16.4. The van der Waals surface area contributed by atoms with Crippen molar-refractivity contribution in [3.05, 3.63) is 5.57 Å². The number of unbranched alkanes of at least 4 members (excludes halogenated alkanes) is 2. The lowest BCUT2D eigenvalue weighted by Gasteiger charge is -2.13. The van der Waals surface area contributed by atoms with Crippen molar-refractivity contribution in [2.75, 3.05) is 6.61 Å². The van der Waals surface area contributed by atoms with Gasteiger partial charge in [-0.1, -0.05) is 19.8 Å². The van der Waals surface area contributed by atoms with E-state index in [1.807, 2.05) is 6.92 Å². The Bertz CT molecular complexity index is 347. The SMILES string of the molecule is CCCCCC(=C=O)CC(=O)NC(CCO)C(=O)O. The quantitative estimate of drug-likeness (QED) is 0.400. The summed E-state index contributed by atoms with van der Waals surface area (Å²) in [5.74, 6) is -0.0000917. The van der Waals surface area contributed by atoms with Crippen molar-refractivity contribution in [2.24, 2.45) is 0 Å². The molecule has 0 aliphatic rings. The zero-order valence-corrected chi connectivity index (χ0v) is 11.1. The molecule has 6 heteroatoms. The highest BCUT2D eigenvalue weighted by Gasteiger charge is 2.19. The van der Waals surface area contributed by atoms with Crippen LogP contribution in [-0.2, 0) is 14.4 Å². The van der Waals surface area contributed by atoms with Crippen molar-refractivity contribution in [3.8, 4) is 0 Å². The molecule has 0 aliphatic heterocycles. The molecule has 0 fully saturated rings. The van der Waals surface area contributed by atoms with Gasteiger partial charge >= 0.3 is 5.97 Å². The van der Waals surface area contributed by atoms with Gasteiger partial charge in [0.1, 0.15) is 12.0 Å². The molecule has 0 aromatic rings. The first-order chi connectivity index (χ1) is 9.04. The van der Waals surface area contributed by atoms with E-state index in [9.17, 15) is 14.4 Å². The van der Waals surface area contributed by atoms with Gasteiger partial charge in [-0.15, -0.1) is 0 Å². The lowest BCUT2D eigenvalue weighted by atomic mass is 10.1. The minimum absolute atomic E-state index is 0.0585. The second-order valence-corrected chi connectivity index (χ2v) is 4.31. The number of aliphatic hydroxyl groups is 1. The van der Waals surface area contributed by atoms with Gasteiger partial charge in [-0.2, -0.15) is 0 Å². The molecule has 0 saturated heterocycles. The van der Waals surface area contributed by atoms with E-state index < -0.39 is 17.9 Å². The average Bonchev–Trinajstić information content (AvgIpc) is 2.37. The van der Waals surface area contributed by atoms with Gasteiger partial charge in [0.15, 0.2) is 0 Å². The number of carbonyl (C=O) groups excluding carboxylic acids is 2. The third-order valence-corrected chi connectivity index (χ3v) is 2.65. The van der Waals surface area contributed by atoms with Crippen LogP contribution in [0.3, 0.4) is 0 Å². The van der Waals surface area contributed by atoms with Crippen LogP contribution in [0.5, 0.6) is 0 Å². The summed E-state index contributed by atoms with van der Waals surface area (Å²) in [6.45, 7) is 1.70. The summed E-state index contributed by atoms with van der Waals surface area (Å²) >= 11 is 0. The van der Waals surface area contributed by atoms with Crippen LogP contribution >= 0.6 is 0 Å². The van der Waals surface area contributed by atoms with Crippen molar-refractivity contribution in [3.63, 3.8) is 0 Å². The molecule has 1 unspecified atom stereocenters. The van der Waals surface area contributed by atoms with Crippen LogP contribution in [0.4, 0.5) is 0 Å². The minimum atomic E-state index is -1.20. The number of nitrogens with one attached hydrogen (secondary N) is 1. The van der Waals surface area contributed by atoms with Crippen molar-refractivity contribution in [1.82, 2.24) is 5.32 Å². The Morgan fingerprint density at radius 1 is 1.32 bits per heavy atom. The first-order valence-electron chi connectivity index (χ1n) is 6.41. The molecule has 0 heterocycles. The van der Waals surface area contributed by atoms with Gasteiger partial charge in [-0.05, 0) is 12.8 Å². The predicted molar refractivity (Wildman–Crippen MR) is 69.2 cm³/mol. The van der Waals surface area contributed by atoms with Crippen LogP contribution < -0.4 is 5.32 Å². The Hall–Kier alpha value is -1.65. The third kappa shape index (κ3) is 8.13. The molecule has 1 atom stereocenters. The van der Waals surface area contributed by atoms with Crippen LogP contribution in [-0.4, -0.2) is 40.7 Å². The van der Waals surface area contributed by atoms with Crippen LogP contribution in [0, 0.1) is 0 Å². The van der Waals surface area contributed by atoms with E-state index in [4.69, 9.17) is 10.2 Å². The van der Waals surface area contributed by atoms with Gasteiger partial charge in [0, 0.05) is 18.6 Å². The van der Waals surface area contributed by atoms with Crippen molar-refractivity contribution < 1.29 is 24.6 Å².